The molecule has 0 saturated heterocycles. The van der Waals surface area contributed by atoms with E-state index in [2.05, 4.69) is 17.4 Å². The zero-order valence-corrected chi connectivity index (χ0v) is 13.2. The van der Waals surface area contributed by atoms with Crippen LogP contribution in [0.4, 0.5) is 5.69 Å². The number of carbonyl (C=O) groups is 2. The minimum absolute atomic E-state index is 0.0976. The highest BCUT2D eigenvalue weighted by Gasteiger charge is 2.28. The van der Waals surface area contributed by atoms with Crippen molar-refractivity contribution in [3.8, 4) is 0 Å². The van der Waals surface area contributed by atoms with Crippen LogP contribution >= 0.6 is 0 Å². The number of anilines is 1. The van der Waals surface area contributed by atoms with Crippen LogP contribution in [0.2, 0.25) is 0 Å². The molecule has 0 bridgehead atoms. The van der Waals surface area contributed by atoms with Crippen molar-refractivity contribution in [1.82, 2.24) is 5.16 Å². The highest BCUT2D eigenvalue weighted by molar-refractivity contribution is 6.04. The van der Waals surface area contributed by atoms with E-state index in [4.69, 9.17) is 4.52 Å². The summed E-state index contributed by atoms with van der Waals surface area (Å²) >= 11 is 0. The second-order valence-corrected chi connectivity index (χ2v) is 5.95. The lowest BCUT2D eigenvalue weighted by atomic mass is 10.1. The molecule has 5 heteroatoms. The van der Waals surface area contributed by atoms with Gasteiger partial charge in [-0.2, -0.15) is 0 Å². The lowest BCUT2D eigenvalue weighted by Crippen LogP contribution is -2.12. The van der Waals surface area contributed by atoms with E-state index in [0.29, 0.717) is 23.6 Å². The van der Waals surface area contributed by atoms with E-state index >= 15 is 0 Å². The summed E-state index contributed by atoms with van der Waals surface area (Å²) in [6, 6.07) is 8.71. The van der Waals surface area contributed by atoms with Gasteiger partial charge in [-0.05, 0) is 31.4 Å². The van der Waals surface area contributed by atoms with E-state index in [9.17, 15) is 9.59 Å². The molecule has 3 rings (SSSR count). The lowest BCUT2D eigenvalue weighted by Gasteiger charge is -2.05. The zero-order chi connectivity index (χ0) is 16.2. The van der Waals surface area contributed by atoms with Crippen LogP contribution in [0.5, 0.6) is 0 Å². The first-order valence-corrected chi connectivity index (χ1v) is 8.08. The number of rotatable bonds is 7. The summed E-state index contributed by atoms with van der Waals surface area (Å²) in [6.45, 7) is 2.05. The van der Waals surface area contributed by atoms with Crippen molar-refractivity contribution in [3.05, 3.63) is 47.3 Å². The minimum atomic E-state index is -0.321. The van der Waals surface area contributed by atoms with Crippen molar-refractivity contribution in [1.29, 1.82) is 0 Å². The van der Waals surface area contributed by atoms with Crippen molar-refractivity contribution in [3.63, 3.8) is 0 Å². The highest BCUT2D eigenvalue weighted by Crippen LogP contribution is 2.40. The molecule has 0 atom stereocenters. The van der Waals surface area contributed by atoms with Crippen LogP contribution in [0, 0.1) is 0 Å². The van der Waals surface area contributed by atoms with Crippen LogP contribution < -0.4 is 5.32 Å². The standard InChI is InChI=1S/C18H20N2O3/c1-2-3-7-16(21)13-5-4-6-14(10-13)19-18(22)15-11-17(23-20-15)12-8-9-12/h4-6,10-12H,2-3,7-9H2,1H3,(H,19,22). The molecule has 1 aromatic carbocycles. The number of nitrogens with one attached hydrogen (secondary N) is 1. The first-order chi connectivity index (χ1) is 11.2. The van der Waals surface area contributed by atoms with Crippen molar-refractivity contribution in [2.75, 3.05) is 5.32 Å². The summed E-state index contributed by atoms with van der Waals surface area (Å²) in [5, 5.41) is 6.59. The summed E-state index contributed by atoms with van der Waals surface area (Å²) in [7, 11) is 0. The molecule has 2 aromatic rings. The maximum atomic E-state index is 12.2. The Morgan fingerprint density at radius 1 is 1.30 bits per heavy atom. The Kier molecular flexibility index (Phi) is 4.55. The van der Waals surface area contributed by atoms with Gasteiger partial charge >= 0.3 is 0 Å². The maximum absolute atomic E-state index is 12.2. The van der Waals surface area contributed by atoms with Gasteiger partial charge in [-0.25, -0.2) is 0 Å². The largest absolute Gasteiger partial charge is 0.360 e. The molecule has 1 heterocycles. The molecule has 1 aromatic heterocycles. The van der Waals surface area contributed by atoms with E-state index < -0.39 is 0 Å². The van der Waals surface area contributed by atoms with Crippen molar-refractivity contribution >= 4 is 17.4 Å². The van der Waals surface area contributed by atoms with E-state index in [1.54, 1.807) is 30.3 Å². The van der Waals surface area contributed by atoms with Gasteiger partial charge in [0, 0.05) is 29.7 Å². The molecule has 0 spiro atoms. The summed E-state index contributed by atoms with van der Waals surface area (Å²) in [5.74, 6) is 0.974. The number of unbranched alkanes of at least 4 members (excludes halogenated alkanes) is 1. The van der Waals surface area contributed by atoms with Gasteiger partial charge in [-0.15, -0.1) is 0 Å². The average molecular weight is 312 g/mol. The van der Waals surface area contributed by atoms with Gasteiger partial charge in [0.1, 0.15) is 5.76 Å². The summed E-state index contributed by atoms with van der Waals surface area (Å²) in [5.41, 5.74) is 1.48. The molecule has 1 amide bonds. The monoisotopic (exact) mass is 312 g/mol. The number of carbonyl (C=O) groups excluding carboxylic acids is 2. The third kappa shape index (κ3) is 3.86. The van der Waals surface area contributed by atoms with E-state index in [0.717, 1.165) is 31.4 Å². The number of hydrogen-bond acceptors (Lipinski definition) is 4. The third-order valence-corrected chi connectivity index (χ3v) is 3.94. The van der Waals surface area contributed by atoms with Crippen LogP contribution in [0.15, 0.2) is 34.9 Å². The fraction of sp³-hybridized carbons (Fsp3) is 0.389. The average Bonchev–Trinajstić information content (AvgIpc) is 3.29. The Labute approximate surface area is 135 Å². The first-order valence-electron chi connectivity index (χ1n) is 8.08. The fourth-order valence-corrected chi connectivity index (χ4v) is 2.40. The Hall–Kier alpha value is -2.43. The predicted molar refractivity (Wildman–Crippen MR) is 86.7 cm³/mol. The molecule has 0 radical (unpaired) electrons. The van der Waals surface area contributed by atoms with E-state index in [-0.39, 0.29) is 17.4 Å². The molecule has 120 valence electrons. The molecule has 5 nitrogen and oxygen atoms in total. The molecule has 1 aliphatic rings. The minimum Gasteiger partial charge on any atom is -0.360 e. The lowest BCUT2D eigenvalue weighted by molar-refractivity contribution is 0.0977. The Balaban J connectivity index is 1.66. The summed E-state index contributed by atoms with van der Waals surface area (Å²) < 4.78 is 5.19. The van der Waals surface area contributed by atoms with Crippen molar-refractivity contribution in [2.45, 2.75) is 44.9 Å². The van der Waals surface area contributed by atoms with E-state index in [1.165, 1.54) is 0 Å². The quantitative estimate of drug-likeness (QED) is 0.779. The van der Waals surface area contributed by atoms with Gasteiger partial charge < -0.3 is 9.84 Å². The number of aromatic nitrogens is 1. The molecular formula is C18H20N2O3. The molecule has 1 N–H and O–H groups in total. The summed E-state index contributed by atoms with van der Waals surface area (Å²) in [4.78, 5) is 24.3. The number of ketones is 1. The number of Topliss-reactive ketones (excluding diaryl/α,β-unsaturated/α-hetero) is 1. The van der Waals surface area contributed by atoms with Crippen LogP contribution in [-0.4, -0.2) is 16.8 Å². The Morgan fingerprint density at radius 2 is 2.13 bits per heavy atom. The molecule has 0 aliphatic heterocycles. The third-order valence-electron chi connectivity index (χ3n) is 3.94. The van der Waals surface area contributed by atoms with Crippen LogP contribution in [0.3, 0.4) is 0 Å². The number of benzene rings is 1. The van der Waals surface area contributed by atoms with Gasteiger partial charge in [0.05, 0.1) is 0 Å². The Morgan fingerprint density at radius 3 is 2.87 bits per heavy atom. The first kappa shape index (κ1) is 15.5. The second-order valence-electron chi connectivity index (χ2n) is 5.95. The topological polar surface area (TPSA) is 72.2 Å². The summed E-state index contributed by atoms with van der Waals surface area (Å²) in [6.07, 6.45) is 4.58. The molecule has 23 heavy (non-hydrogen) atoms. The van der Waals surface area contributed by atoms with Gasteiger partial charge in [0.2, 0.25) is 0 Å². The van der Waals surface area contributed by atoms with E-state index in [1.807, 2.05) is 0 Å². The van der Waals surface area contributed by atoms with Crippen molar-refractivity contribution in [2.24, 2.45) is 0 Å². The molecule has 0 unspecified atom stereocenters. The smallest absolute Gasteiger partial charge is 0.277 e. The predicted octanol–water partition coefficient (Wildman–Crippen LogP) is 4.18. The molecule has 1 saturated carbocycles. The SMILES string of the molecule is CCCCC(=O)c1cccc(NC(=O)c2cc(C3CC3)on2)c1. The van der Waals surface area contributed by atoms with Gasteiger partial charge in [0.25, 0.3) is 5.91 Å². The van der Waals surface area contributed by atoms with Crippen LogP contribution in [0.25, 0.3) is 0 Å². The van der Waals surface area contributed by atoms with Gasteiger partial charge in [-0.3, -0.25) is 9.59 Å². The number of nitrogens with zero attached hydrogens (tertiary/aromatic N) is 1. The highest BCUT2D eigenvalue weighted by atomic mass is 16.5. The normalized spacial score (nSPS) is 13.8. The van der Waals surface area contributed by atoms with Crippen molar-refractivity contribution < 1.29 is 14.1 Å². The maximum Gasteiger partial charge on any atom is 0.277 e. The van der Waals surface area contributed by atoms with Gasteiger partial charge in [-0.1, -0.05) is 30.6 Å². The number of amides is 1. The number of hydrogen-bond donors (Lipinski definition) is 1. The van der Waals surface area contributed by atoms with Crippen LogP contribution in [0.1, 0.15) is 71.6 Å². The zero-order valence-electron chi connectivity index (χ0n) is 13.2. The second kappa shape index (κ2) is 6.77. The van der Waals surface area contributed by atoms with Gasteiger partial charge in [0.15, 0.2) is 11.5 Å². The Bertz CT molecular complexity index is 717. The fourth-order valence-electron chi connectivity index (χ4n) is 2.40. The van der Waals surface area contributed by atoms with Crippen LogP contribution in [-0.2, 0) is 0 Å². The molecule has 1 aliphatic carbocycles. The molecular weight excluding hydrogens is 292 g/mol. The molecule has 1 fully saturated rings.